The van der Waals surface area contributed by atoms with Crippen LogP contribution in [-0.2, 0) is 4.74 Å². The smallest absolute Gasteiger partial charge is 0.0863 e. The molecule has 1 aliphatic carbocycles. The highest BCUT2D eigenvalue weighted by molar-refractivity contribution is 4.93. The third-order valence-corrected chi connectivity index (χ3v) is 1.80. The second-order valence-electron chi connectivity index (χ2n) is 2.34. The van der Waals surface area contributed by atoms with Gasteiger partial charge in [-0.05, 0) is 0 Å². The molecule has 2 saturated heterocycles. The molecule has 3 unspecified atom stereocenters. The van der Waals surface area contributed by atoms with Crippen LogP contribution in [0.1, 0.15) is 12.8 Å². The average Bonchev–Trinajstić information content (AvgIpc) is 1.85. The summed E-state index contributed by atoms with van der Waals surface area (Å²) in [5, 5.41) is 8.91. The van der Waals surface area contributed by atoms with Crippen molar-refractivity contribution >= 4 is 0 Å². The maximum absolute atomic E-state index is 8.91. The lowest BCUT2D eigenvalue weighted by Crippen LogP contribution is -2.29. The average molecular weight is 100 g/mol. The molecule has 0 aromatic rings. The zero-order valence-corrected chi connectivity index (χ0v) is 4.00. The largest absolute Gasteiger partial charge is 0.390 e. The molecule has 1 N–H and O–H groups in total. The highest BCUT2D eigenvalue weighted by Crippen LogP contribution is 2.36. The third-order valence-electron chi connectivity index (χ3n) is 1.80. The van der Waals surface area contributed by atoms with E-state index in [0.29, 0.717) is 6.10 Å². The van der Waals surface area contributed by atoms with Crippen LogP contribution in [0.15, 0.2) is 0 Å². The molecule has 0 amide bonds. The molecule has 2 aliphatic heterocycles. The van der Waals surface area contributed by atoms with Gasteiger partial charge in [0.15, 0.2) is 0 Å². The molecule has 0 radical (unpaired) electrons. The predicted octanol–water partition coefficient (Wildman–Crippen LogP) is -0.0915. The molecular weight excluding hydrogens is 92.1 g/mol. The van der Waals surface area contributed by atoms with E-state index < -0.39 is 0 Å². The molecule has 3 atom stereocenters. The second kappa shape index (κ2) is 1.01. The Balaban J connectivity index is 2.13. The van der Waals surface area contributed by atoms with Gasteiger partial charge in [0.05, 0.1) is 18.3 Å². The number of hydrogen-bond donors (Lipinski definition) is 1. The van der Waals surface area contributed by atoms with E-state index in [0.717, 1.165) is 12.8 Å². The lowest BCUT2D eigenvalue weighted by Gasteiger charge is -2.23. The molecule has 40 valence electrons. The van der Waals surface area contributed by atoms with Crippen LogP contribution >= 0.6 is 0 Å². The van der Waals surface area contributed by atoms with Crippen LogP contribution in [0.2, 0.25) is 0 Å². The van der Waals surface area contributed by atoms with Gasteiger partial charge in [0.2, 0.25) is 0 Å². The Bertz CT molecular complexity index is 86.1. The molecule has 2 bridgehead atoms. The standard InChI is InChI=1S/C5H8O2/c6-4-1-3-2-5(4)7-3/h3-6H,1-2H2. The van der Waals surface area contributed by atoms with Crippen molar-refractivity contribution in [3.63, 3.8) is 0 Å². The Hall–Kier alpha value is -0.0800. The van der Waals surface area contributed by atoms with Crippen molar-refractivity contribution in [1.29, 1.82) is 0 Å². The lowest BCUT2D eigenvalue weighted by atomic mass is 10.2. The van der Waals surface area contributed by atoms with Gasteiger partial charge >= 0.3 is 0 Å². The molecule has 3 rings (SSSR count). The zero-order chi connectivity index (χ0) is 4.85. The van der Waals surface area contributed by atoms with Crippen LogP contribution in [0.5, 0.6) is 0 Å². The number of rotatable bonds is 0. The van der Waals surface area contributed by atoms with Gasteiger partial charge in [-0.15, -0.1) is 0 Å². The van der Waals surface area contributed by atoms with Gasteiger partial charge in [0.1, 0.15) is 0 Å². The van der Waals surface area contributed by atoms with Gasteiger partial charge < -0.3 is 9.84 Å². The topological polar surface area (TPSA) is 29.5 Å². The first-order valence-electron chi connectivity index (χ1n) is 2.70. The van der Waals surface area contributed by atoms with Crippen LogP contribution < -0.4 is 0 Å². The Morgan fingerprint density at radius 1 is 1.43 bits per heavy atom. The van der Waals surface area contributed by atoms with Crippen LogP contribution in [0.25, 0.3) is 0 Å². The monoisotopic (exact) mass is 100 g/mol. The van der Waals surface area contributed by atoms with Crippen molar-refractivity contribution in [2.45, 2.75) is 31.2 Å². The number of aliphatic hydroxyl groups excluding tert-OH is 1. The van der Waals surface area contributed by atoms with Crippen molar-refractivity contribution in [3.8, 4) is 0 Å². The predicted molar refractivity (Wildman–Crippen MR) is 23.9 cm³/mol. The van der Waals surface area contributed by atoms with E-state index in [2.05, 4.69) is 0 Å². The Morgan fingerprint density at radius 3 is 2.29 bits per heavy atom. The molecule has 3 aliphatic rings. The fourth-order valence-corrected chi connectivity index (χ4v) is 1.32. The van der Waals surface area contributed by atoms with Crippen molar-refractivity contribution in [3.05, 3.63) is 0 Å². The molecule has 0 aromatic carbocycles. The van der Waals surface area contributed by atoms with Crippen molar-refractivity contribution in [2.75, 3.05) is 0 Å². The van der Waals surface area contributed by atoms with Gasteiger partial charge in [-0.3, -0.25) is 0 Å². The second-order valence-corrected chi connectivity index (χ2v) is 2.34. The summed E-state index contributed by atoms with van der Waals surface area (Å²) in [4.78, 5) is 0. The minimum Gasteiger partial charge on any atom is -0.390 e. The van der Waals surface area contributed by atoms with Crippen LogP contribution in [0, 0.1) is 0 Å². The summed E-state index contributed by atoms with van der Waals surface area (Å²) in [5.41, 5.74) is 0. The van der Waals surface area contributed by atoms with E-state index in [4.69, 9.17) is 9.84 Å². The fourth-order valence-electron chi connectivity index (χ4n) is 1.32. The first-order valence-corrected chi connectivity index (χ1v) is 2.70. The summed E-state index contributed by atoms with van der Waals surface area (Å²) in [6.07, 6.45) is 2.47. The van der Waals surface area contributed by atoms with Crippen LogP contribution in [0.4, 0.5) is 0 Å². The minimum atomic E-state index is -0.134. The summed E-state index contributed by atoms with van der Waals surface area (Å²) in [6, 6.07) is 0. The molecule has 0 spiro atoms. The van der Waals surface area contributed by atoms with Crippen LogP contribution in [-0.4, -0.2) is 23.4 Å². The molecule has 3 fully saturated rings. The van der Waals surface area contributed by atoms with Gasteiger partial charge in [0, 0.05) is 12.8 Å². The van der Waals surface area contributed by atoms with E-state index in [1.165, 1.54) is 0 Å². The van der Waals surface area contributed by atoms with E-state index in [1.54, 1.807) is 0 Å². The molecule has 2 heteroatoms. The molecule has 1 saturated carbocycles. The number of hydrogen-bond acceptors (Lipinski definition) is 2. The van der Waals surface area contributed by atoms with Crippen LogP contribution in [0.3, 0.4) is 0 Å². The highest BCUT2D eigenvalue weighted by Gasteiger charge is 2.44. The third kappa shape index (κ3) is 0.359. The van der Waals surface area contributed by atoms with E-state index in [-0.39, 0.29) is 12.2 Å². The maximum atomic E-state index is 8.91. The minimum absolute atomic E-state index is 0.134. The maximum Gasteiger partial charge on any atom is 0.0863 e. The zero-order valence-electron chi connectivity index (χ0n) is 4.00. The quantitative estimate of drug-likeness (QED) is 0.461. The lowest BCUT2D eigenvalue weighted by molar-refractivity contribution is -0.0871. The summed E-state index contributed by atoms with van der Waals surface area (Å²) in [6.45, 7) is 0. The summed E-state index contributed by atoms with van der Waals surface area (Å²) < 4.78 is 5.11. The van der Waals surface area contributed by atoms with Gasteiger partial charge in [-0.2, -0.15) is 0 Å². The number of fused-ring (bicyclic) bond motifs is 1. The Kier molecular flexibility index (Phi) is 0.557. The number of ether oxygens (including phenoxy) is 1. The Morgan fingerprint density at radius 2 is 2.14 bits per heavy atom. The summed E-state index contributed by atoms with van der Waals surface area (Å²) in [7, 11) is 0. The normalized spacial score (nSPS) is 57.0. The first-order chi connectivity index (χ1) is 3.36. The summed E-state index contributed by atoms with van der Waals surface area (Å²) in [5.74, 6) is 0. The molecular formula is C5H8O2. The SMILES string of the molecule is OC1CC2CC1O2. The molecule has 2 nitrogen and oxygen atoms in total. The van der Waals surface area contributed by atoms with E-state index in [1.807, 2.05) is 0 Å². The fraction of sp³-hybridized carbons (Fsp3) is 1.00. The van der Waals surface area contributed by atoms with Gasteiger partial charge in [-0.25, -0.2) is 0 Å². The van der Waals surface area contributed by atoms with E-state index in [9.17, 15) is 0 Å². The van der Waals surface area contributed by atoms with E-state index >= 15 is 0 Å². The van der Waals surface area contributed by atoms with Crippen molar-refractivity contribution < 1.29 is 9.84 Å². The number of aliphatic hydroxyl groups is 1. The highest BCUT2D eigenvalue weighted by atomic mass is 16.5. The van der Waals surface area contributed by atoms with Crippen molar-refractivity contribution in [2.24, 2.45) is 0 Å². The molecule has 0 aromatic heterocycles. The first kappa shape index (κ1) is 3.87. The van der Waals surface area contributed by atoms with Gasteiger partial charge in [-0.1, -0.05) is 0 Å². The van der Waals surface area contributed by atoms with Crippen molar-refractivity contribution in [1.82, 2.24) is 0 Å². The Labute approximate surface area is 42.1 Å². The molecule has 2 heterocycles. The molecule has 7 heavy (non-hydrogen) atoms. The van der Waals surface area contributed by atoms with Gasteiger partial charge in [0.25, 0.3) is 0 Å². The summed E-state index contributed by atoms with van der Waals surface area (Å²) >= 11 is 0.